The molecule has 0 heterocycles. The molecule has 13 heavy (non-hydrogen) atoms. The highest BCUT2D eigenvalue weighted by Gasteiger charge is 2.20. The Hall–Kier alpha value is -0.880. The molecule has 0 saturated heterocycles. The van der Waals surface area contributed by atoms with E-state index in [4.69, 9.17) is 11.1 Å². The number of nitrogens with two attached hydrogens (primary N) is 1. The molecule has 0 fully saturated rings. The van der Waals surface area contributed by atoms with Crippen molar-refractivity contribution in [1.29, 1.82) is 5.41 Å². The number of nitrogens with one attached hydrogen (secondary N) is 1. The van der Waals surface area contributed by atoms with Gasteiger partial charge < -0.3 is 5.73 Å². The van der Waals surface area contributed by atoms with E-state index < -0.39 is 15.0 Å². The number of amidine groups is 1. The predicted octanol–water partition coefficient (Wildman–Crippen LogP) is 1.12. The Labute approximate surface area is 84.3 Å². The number of benzene rings is 1. The predicted molar refractivity (Wildman–Crippen MR) is 53.2 cm³/mol. The number of sulfone groups is 1. The van der Waals surface area contributed by atoms with Crippen molar-refractivity contribution < 1.29 is 8.42 Å². The summed E-state index contributed by atoms with van der Waals surface area (Å²) in [7, 11) is -3.79. The van der Waals surface area contributed by atoms with E-state index in [0.717, 1.165) is 0 Å². The van der Waals surface area contributed by atoms with Gasteiger partial charge in [0.25, 0.3) is 0 Å². The molecule has 1 aromatic rings. The summed E-state index contributed by atoms with van der Waals surface area (Å²) in [4.78, 5) is 0.0162. The molecule has 0 atom stereocenters. The topological polar surface area (TPSA) is 84.0 Å². The van der Waals surface area contributed by atoms with Crippen molar-refractivity contribution in [2.24, 2.45) is 5.73 Å². The highest BCUT2D eigenvalue weighted by Crippen LogP contribution is 2.21. The van der Waals surface area contributed by atoms with E-state index in [2.05, 4.69) is 15.9 Å². The Morgan fingerprint density at radius 3 is 2.38 bits per heavy atom. The van der Waals surface area contributed by atoms with Crippen molar-refractivity contribution in [2.45, 2.75) is 4.90 Å². The van der Waals surface area contributed by atoms with Crippen LogP contribution in [0.4, 0.5) is 0 Å². The van der Waals surface area contributed by atoms with E-state index in [-0.39, 0.29) is 4.90 Å². The summed E-state index contributed by atoms with van der Waals surface area (Å²) in [6, 6.07) is 6.22. The molecular formula is C7H7BrN2O2S. The molecule has 0 aromatic heterocycles. The SMILES string of the molecule is N=C(N)S(=O)(=O)c1ccccc1Br. The van der Waals surface area contributed by atoms with Gasteiger partial charge in [0.1, 0.15) is 0 Å². The molecule has 0 spiro atoms. The average Bonchev–Trinajstić information content (AvgIpc) is 2.04. The summed E-state index contributed by atoms with van der Waals surface area (Å²) in [5.41, 5.74) is 4.95. The van der Waals surface area contributed by atoms with Crippen LogP contribution in [0.25, 0.3) is 0 Å². The van der Waals surface area contributed by atoms with Crippen LogP contribution in [0.3, 0.4) is 0 Å². The van der Waals surface area contributed by atoms with E-state index >= 15 is 0 Å². The lowest BCUT2D eigenvalue weighted by molar-refractivity contribution is 0.606. The third kappa shape index (κ3) is 1.89. The molecule has 1 aromatic carbocycles. The lowest BCUT2D eigenvalue weighted by Crippen LogP contribution is -2.23. The molecule has 4 nitrogen and oxygen atoms in total. The smallest absolute Gasteiger partial charge is 0.239 e. The van der Waals surface area contributed by atoms with Crippen molar-refractivity contribution in [3.8, 4) is 0 Å². The first kappa shape index (κ1) is 10.2. The monoisotopic (exact) mass is 262 g/mol. The molecule has 3 N–H and O–H groups in total. The van der Waals surface area contributed by atoms with Gasteiger partial charge in [-0.25, -0.2) is 8.42 Å². The Morgan fingerprint density at radius 2 is 1.92 bits per heavy atom. The molecule has 0 aliphatic heterocycles. The highest BCUT2D eigenvalue weighted by atomic mass is 79.9. The van der Waals surface area contributed by atoms with Crippen LogP contribution in [0, 0.1) is 5.41 Å². The first-order chi connectivity index (χ1) is 5.96. The van der Waals surface area contributed by atoms with Gasteiger partial charge in [-0.15, -0.1) is 0 Å². The molecular weight excluding hydrogens is 256 g/mol. The molecule has 6 heteroatoms. The lowest BCUT2D eigenvalue weighted by atomic mass is 10.4. The zero-order valence-corrected chi connectivity index (χ0v) is 8.89. The third-order valence-electron chi connectivity index (χ3n) is 1.42. The van der Waals surface area contributed by atoms with Crippen molar-refractivity contribution in [3.63, 3.8) is 0 Å². The zero-order valence-electron chi connectivity index (χ0n) is 6.49. The fraction of sp³-hybridized carbons (Fsp3) is 0. The van der Waals surface area contributed by atoms with Crippen LogP contribution in [0.2, 0.25) is 0 Å². The van der Waals surface area contributed by atoms with Gasteiger partial charge in [0.15, 0.2) is 0 Å². The normalized spacial score (nSPS) is 11.2. The van der Waals surface area contributed by atoms with Crippen LogP contribution < -0.4 is 5.73 Å². The number of hydrogen-bond acceptors (Lipinski definition) is 3. The maximum atomic E-state index is 11.4. The fourth-order valence-corrected chi connectivity index (χ4v) is 2.52. The molecule has 0 saturated carbocycles. The average molecular weight is 263 g/mol. The van der Waals surface area contributed by atoms with Gasteiger partial charge in [0.05, 0.1) is 4.90 Å². The molecule has 0 amide bonds. The minimum Gasteiger partial charge on any atom is -0.374 e. The van der Waals surface area contributed by atoms with Crippen molar-refractivity contribution in [1.82, 2.24) is 0 Å². The molecule has 70 valence electrons. The van der Waals surface area contributed by atoms with Crippen LogP contribution in [0.5, 0.6) is 0 Å². The Bertz CT molecular complexity index is 442. The Balaban J connectivity index is 3.40. The molecule has 0 aliphatic rings. The maximum absolute atomic E-state index is 11.4. The Morgan fingerprint density at radius 1 is 1.38 bits per heavy atom. The van der Waals surface area contributed by atoms with Crippen molar-refractivity contribution in [2.75, 3.05) is 0 Å². The van der Waals surface area contributed by atoms with Crippen LogP contribution in [0.15, 0.2) is 33.6 Å². The van der Waals surface area contributed by atoms with Crippen molar-refractivity contribution in [3.05, 3.63) is 28.7 Å². The van der Waals surface area contributed by atoms with Gasteiger partial charge in [-0.2, -0.15) is 0 Å². The summed E-state index contributed by atoms with van der Waals surface area (Å²) in [6.45, 7) is 0. The summed E-state index contributed by atoms with van der Waals surface area (Å²) in [5, 5.41) is 6.05. The standard InChI is InChI=1S/C7H7BrN2O2S/c8-5-3-1-2-4-6(5)13(11,12)7(9)10/h1-4H,(H3,9,10). The summed E-state index contributed by atoms with van der Waals surface area (Å²) in [6.07, 6.45) is 0. The summed E-state index contributed by atoms with van der Waals surface area (Å²) >= 11 is 3.07. The van der Waals surface area contributed by atoms with Gasteiger partial charge in [0.2, 0.25) is 15.0 Å². The second kappa shape index (κ2) is 3.47. The van der Waals surface area contributed by atoms with Gasteiger partial charge >= 0.3 is 0 Å². The molecule has 0 bridgehead atoms. The molecule has 0 unspecified atom stereocenters. The van der Waals surface area contributed by atoms with Crippen LogP contribution in [-0.4, -0.2) is 13.6 Å². The molecule has 0 radical (unpaired) electrons. The van der Waals surface area contributed by atoms with Gasteiger partial charge in [-0.3, -0.25) is 5.41 Å². The van der Waals surface area contributed by atoms with Crippen molar-refractivity contribution >= 4 is 30.9 Å². The minimum atomic E-state index is -3.79. The molecule has 0 aliphatic carbocycles. The maximum Gasteiger partial charge on any atom is 0.239 e. The first-order valence-electron chi connectivity index (χ1n) is 3.30. The van der Waals surface area contributed by atoms with E-state index in [0.29, 0.717) is 4.47 Å². The summed E-state index contributed by atoms with van der Waals surface area (Å²) < 4.78 is 23.2. The van der Waals surface area contributed by atoms with Crippen LogP contribution in [0.1, 0.15) is 0 Å². The van der Waals surface area contributed by atoms with E-state index in [1.54, 1.807) is 18.2 Å². The van der Waals surface area contributed by atoms with Crippen LogP contribution in [-0.2, 0) is 9.84 Å². The largest absolute Gasteiger partial charge is 0.374 e. The second-order valence-electron chi connectivity index (χ2n) is 2.30. The Kier molecular flexibility index (Phi) is 2.72. The van der Waals surface area contributed by atoms with Gasteiger partial charge in [-0.05, 0) is 28.1 Å². The van der Waals surface area contributed by atoms with E-state index in [9.17, 15) is 8.42 Å². The highest BCUT2D eigenvalue weighted by molar-refractivity contribution is 9.10. The van der Waals surface area contributed by atoms with Gasteiger partial charge in [-0.1, -0.05) is 12.1 Å². The van der Waals surface area contributed by atoms with E-state index in [1.807, 2.05) is 0 Å². The lowest BCUT2D eigenvalue weighted by Gasteiger charge is -2.03. The second-order valence-corrected chi connectivity index (χ2v) is 5.04. The number of halogens is 1. The zero-order chi connectivity index (χ0) is 10.1. The fourth-order valence-electron chi connectivity index (χ4n) is 0.781. The summed E-state index contributed by atoms with van der Waals surface area (Å²) in [5.74, 6) is 0. The quantitative estimate of drug-likeness (QED) is 0.588. The first-order valence-corrected chi connectivity index (χ1v) is 5.57. The molecule has 1 rings (SSSR count). The minimum absolute atomic E-state index is 0.0162. The number of hydrogen-bond donors (Lipinski definition) is 2. The number of rotatable bonds is 1. The van der Waals surface area contributed by atoms with Gasteiger partial charge in [0, 0.05) is 4.47 Å². The third-order valence-corrected chi connectivity index (χ3v) is 3.88. The van der Waals surface area contributed by atoms with Crippen LogP contribution >= 0.6 is 15.9 Å². The van der Waals surface area contributed by atoms with E-state index in [1.165, 1.54) is 6.07 Å².